The highest BCUT2D eigenvalue weighted by atomic mass is 16.6. The fourth-order valence-corrected chi connectivity index (χ4v) is 2.40. The Morgan fingerprint density at radius 3 is 2.38 bits per heavy atom. The number of esters is 1. The van der Waals surface area contributed by atoms with E-state index in [1.807, 2.05) is 0 Å². The molecule has 0 saturated carbocycles. The van der Waals surface area contributed by atoms with E-state index >= 15 is 0 Å². The summed E-state index contributed by atoms with van der Waals surface area (Å²) >= 11 is 0. The van der Waals surface area contributed by atoms with Crippen LogP contribution in [-0.4, -0.2) is 41.8 Å². The van der Waals surface area contributed by atoms with Gasteiger partial charge in [-0.3, -0.25) is 10.1 Å². The minimum absolute atomic E-state index is 0.143. The van der Waals surface area contributed by atoms with Gasteiger partial charge in [-0.25, -0.2) is 9.59 Å². The molecule has 0 heterocycles. The second kappa shape index (κ2) is 11.2. The van der Waals surface area contributed by atoms with Gasteiger partial charge in [0.1, 0.15) is 11.3 Å². The van der Waals surface area contributed by atoms with Crippen molar-refractivity contribution in [3.8, 4) is 0 Å². The van der Waals surface area contributed by atoms with Gasteiger partial charge >= 0.3 is 12.1 Å². The number of nitrogens with one attached hydrogen (secondary N) is 2. The maximum absolute atomic E-state index is 11.9. The van der Waals surface area contributed by atoms with Crippen LogP contribution in [0.25, 0.3) is 0 Å². The largest absolute Gasteiger partial charge is 0.459 e. The lowest BCUT2D eigenvalue weighted by Gasteiger charge is -2.19. The van der Waals surface area contributed by atoms with Crippen molar-refractivity contribution < 1.29 is 24.0 Å². The third kappa shape index (κ3) is 9.77. The number of nitro benzene ring substituents is 1. The molecule has 0 saturated heterocycles. The van der Waals surface area contributed by atoms with Gasteiger partial charge in [-0.15, -0.1) is 0 Å². The predicted molar refractivity (Wildman–Crippen MR) is 110 cm³/mol. The Balaban J connectivity index is 2.43. The summed E-state index contributed by atoms with van der Waals surface area (Å²) in [7, 11) is 0. The monoisotopic (exact) mass is 409 g/mol. The molecule has 0 aliphatic carbocycles. The first-order chi connectivity index (χ1) is 13.5. The molecule has 162 valence electrons. The zero-order chi connectivity index (χ0) is 22.0. The summed E-state index contributed by atoms with van der Waals surface area (Å²) in [6, 6.07) is 4.24. The Kier molecular flexibility index (Phi) is 9.37. The van der Waals surface area contributed by atoms with E-state index in [2.05, 4.69) is 10.6 Å². The summed E-state index contributed by atoms with van der Waals surface area (Å²) < 4.78 is 10.2. The molecular weight excluding hydrogens is 378 g/mol. The Morgan fingerprint density at radius 2 is 1.79 bits per heavy atom. The van der Waals surface area contributed by atoms with Gasteiger partial charge < -0.3 is 20.1 Å². The number of benzene rings is 1. The van der Waals surface area contributed by atoms with Crippen LogP contribution in [0.2, 0.25) is 0 Å². The van der Waals surface area contributed by atoms with E-state index in [4.69, 9.17) is 9.47 Å². The first-order valence-corrected chi connectivity index (χ1v) is 9.69. The Hall–Kier alpha value is -2.84. The van der Waals surface area contributed by atoms with Crippen molar-refractivity contribution in [1.29, 1.82) is 0 Å². The highest BCUT2D eigenvalue weighted by Crippen LogP contribution is 2.26. The van der Waals surface area contributed by atoms with Gasteiger partial charge in [0, 0.05) is 19.2 Å². The van der Waals surface area contributed by atoms with Crippen LogP contribution in [0, 0.1) is 10.1 Å². The van der Waals surface area contributed by atoms with Gasteiger partial charge in [0.05, 0.1) is 16.6 Å². The van der Waals surface area contributed by atoms with E-state index in [1.54, 1.807) is 34.6 Å². The number of hydrogen-bond acceptors (Lipinski definition) is 7. The number of anilines is 1. The van der Waals surface area contributed by atoms with Crippen molar-refractivity contribution >= 4 is 23.4 Å². The number of carbonyl (C=O) groups is 2. The lowest BCUT2D eigenvalue weighted by molar-refractivity contribution is -0.384. The summed E-state index contributed by atoms with van der Waals surface area (Å²) in [5.74, 6) is -0.591. The topological polar surface area (TPSA) is 120 Å². The number of carbonyl (C=O) groups excluding carboxylic acids is 2. The minimum atomic E-state index is -0.591. The average molecular weight is 409 g/mol. The van der Waals surface area contributed by atoms with Gasteiger partial charge in [-0.1, -0.05) is 0 Å². The molecule has 0 unspecified atom stereocenters. The van der Waals surface area contributed by atoms with E-state index in [0.717, 1.165) is 19.3 Å². The van der Waals surface area contributed by atoms with Crippen molar-refractivity contribution in [2.45, 2.75) is 65.6 Å². The number of unbranched alkanes of at least 4 members (excludes halogenated alkanes) is 2. The summed E-state index contributed by atoms with van der Waals surface area (Å²) in [6.07, 6.45) is 1.62. The first kappa shape index (κ1) is 24.2. The van der Waals surface area contributed by atoms with Crippen LogP contribution in [0.5, 0.6) is 0 Å². The molecule has 0 spiro atoms. The molecule has 0 atom stereocenters. The van der Waals surface area contributed by atoms with Gasteiger partial charge in [0.15, 0.2) is 0 Å². The molecule has 0 radical (unpaired) electrons. The van der Waals surface area contributed by atoms with Crippen molar-refractivity contribution in [3.05, 3.63) is 33.9 Å². The molecular formula is C20H31N3O6. The third-order valence-electron chi connectivity index (χ3n) is 3.61. The fraction of sp³-hybridized carbons (Fsp3) is 0.600. The zero-order valence-electron chi connectivity index (χ0n) is 17.7. The predicted octanol–water partition coefficient (Wildman–Crippen LogP) is 4.27. The lowest BCUT2D eigenvalue weighted by Crippen LogP contribution is -2.33. The molecule has 1 aromatic carbocycles. The highest BCUT2D eigenvalue weighted by molar-refractivity contribution is 5.91. The van der Waals surface area contributed by atoms with Crippen molar-refractivity contribution in [2.24, 2.45) is 0 Å². The lowest BCUT2D eigenvalue weighted by atomic mass is 10.1. The number of nitro groups is 1. The van der Waals surface area contributed by atoms with Crippen LogP contribution in [-0.2, 0) is 9.47 Å². The average Bonchev–Trinajstić information content (AvgIpc) is 2.58. The first-order valence-electron chi connectivity index (χ1n) is 9.69. The van der Waals surface area contributed by atoms with Crippen molar-refractivity contribution in [3.63, 3.8) is 0 Å². The Morgan fingerprint density at radius 1 is 1.14 bits per heavy atom. The fourth-order valence-electron chi connectivity index (χ4n) is 2.40. The summed E-state index contributed by atoms with van der Waals surface area (Å²) in [5.41, 5.74) is -0.203. The van der Waals surface area contributed by atoms with E-state index in [1.165, 1.54) is 18.2 Å². The van der Waals surface area contributed by atoms with E-state index < -0.39 is 22.6 Å². The summed E-state index contributed by atoms with van der Waals surface area (Å²) in [5, 5.41) is 17.0. The number of nitrogens with zero attached hydrogens (tertiary/aromatic N) is 1. The SMILES string of the molecule is CC(C)OC(=O)c1ccc(NCCCCCNC(=O)OC(C)(C)C)c([N+](=O)[O-])c1. The van der Waals surface area contributed by atoms with Crippen LogP contribution in [0.15, 0.2) is 18.2 Å². The number of hydrogen-bond donors (Lipinski definition) is 2. The number of rotatable bonds is 10. The molecule has 0 aliphatic rings. The molecule has 0 bridgehead atoms. The molecule has 1 amide bonds. The normalized spacial score (nSPS) is 11.1. The van der Waals surface area contributed by atoms with Crippen molar-refractivity contribution in [1.82, 2.24) is 5.32 Å². The summed E-state index contributed by atoms with van der Waals surface area (Å²) in [4.78, 5) is 34.2. The number of ether oxygens (including phenoxy) is 2. The smallest absolute Gasteiger partial charge is 0.407 e. The third-order valence-corrected chi connectivity index (χ3v) is 3.61. The standard InChI is InChI=1S/C20H31N3O6/c1-14(2)28-18(24)15-9-10-16(17(13-15)23(26)27)21-11-7-6-8-12-22-19(25)29-20(3,4)5/h9-10,13-14,21H,6-8,11-12H2,1-5H3,(H,22,25). The van der Waals surface area contributed by atoms with Gasteiger partial charge in [0.2, 0.25) is 0 Å². The maximum Gasteiger partial charge on any atom is 0.407 e. The Bertz CT molecular complexity index is 713. The molecule has 0 aromatic heterocycles. The minimum Gasteiger partial charge on any atom is -0.459 e. The van der Waals surface area contributed by atoms with Crippen LogP contribution >= 0.6 is 0 Å². The van der Waals surface area contributed by atoms with Crippen molar-refractivity contribution in [2.75, 3.05) is 18.4 Å². The quantitative estimate of drug-likeness (QED) is 0.256. The highest BCUT2D eigenvalue weighted by Gasteiger charge is 2.19. The molecule has 2 N–H and O–H groups in total. The van der Waals surface area contributed by atoms with Crippen LogP contribution < -0.4 is 10.6 Å². The summed E-state index contributed by atoms with van der Waals surface area (Å²) in [6.45, 7) is 9.87. The number of alkyl carbamates (subject to hydrolysis) is 1. The van der Waals surface area contributed by atoms with E-state index in [0.29, 0.717) is 18.8 Å². The zero-order valence-corrected chi connectivity index (χ0v) is 17.7. The van der Waals surface area contributed by atoms with E-state index in [-0.39, 0.29) is 17.4 Å². The molecule has 9 nitrogen and oxygen atoms in total. The molecule has 1 aromatic rings. The van der Waals surface area contributed by atoms with Crippen LogP contribution in [0.4, 0.5) is 16.2 Å². The second-order valence-corrected chi connectivity index (χ2v) is 7.86. The molecule has 9 heteroatoms. The van der Waals surface area contributed by atoms with Gasteiger partial charge in [-0.05, 0) is 66.0 Å². The van der Waals surface area contributed by atoms with Crippen LogP contribution in [0.1, 0.15) is 64.2 Å². The number of amides is 1. The van der Waals surface area contributed by atoms with Gasteiger partial charge in [-0.2, -0.15) is 0 Å². The Labute approximate surface area is 171 Å². The molecule has 0 aliphatic heterocycles. The van der Waals surface area contributed by atoms with Crippen LogP contribution in [0.3, 0.4) is 0 Å². The van der Waals surface area contributed by atoms with Gasteiger partial charge in [0.25, 0.3) is 5.69 Å². The molecule has 0 fully saturated rings. The molecule has 29 heavy (non-hydrogen) atoms. The molecule has 1 rings (SSSR count). The van der Waals surface area contributed by atoms with E-state index in [9.17, 15) is 19.7 Å². The maximum atomic E-state index is 11.9. The second-order valence-electron chi connectivity index (χ2n) is 7.86.